The van der Waals surface area contributed by atoms with E-state index in [2.05, 4.69) is 13.8 Å². The van der Waals surface area contributed by atoms with Crippen LogP contribution < -0.4 is 4.90 Å². The number of hydrogen-bond donors (Lipinski definition) is 0. The van der Waals surface area contributed by atoms with Gasteiger partial charge in [0.1, 0.15) is 11.5 Å². The van der Waals surface area contributed by atoms with Gasteiger partial charge in [-0.1, -0.05) is 51.0 Å². The van der Waals surface area contributed by atoms with Gasteiger partial charge in [-0.05, 0) is 30.5 Å². The van der Waals surface area contributed by atoms with Gasteiger partial charge in [-0.2, -0.15) is 0 Å². The summed E-state index contributed by atoms with van der Waals surface area (Å²) in [6, 6.07) is 8.04. The molecule has 27 heavy (non-hydrogen) atoms. The maximum atomic E-state index is 13.2. The Labute approximate surface area is 160 Å². The van der Waals surface area contributed by atoms with E-state index < -0.39 is 17.4 Å². The van der Waals surface area contributed by atoms with Gasteiger partial charge >= 0.3 is 5.97 Å². The molecule has 144 valence electrons. The summed E-state index contributed by atoms with van der Waals surface area (Å²) in [6.07, 6.45) is 7.47. The van der Waals surface area contributed by atoms with Gasteiger partial charge in [0.2, 0.25) is 5.91 Å². The van der Waals surface area contributed by atoms with Gasteiger partial charge < -0.3 is 14.4 Å². The van der Waals surface area contributed by atoms with Crippen LogP contribution >= 0.6 is 0 Å². The lowest BCUT2D eigenvalue weighted by Gasteiger charge is -2.22. The van der Waals surface area contributed by atoms with Crippen molar-refractivity contribution in [1.29, 1.82) is 0 Å². The normalized spacial score (nSPS) is 30.8. The highest BCUT2D eigenvalue weighted by molar-refractivity contribution is 6.02. The SMILES string of the molecule is CCCCCOC(=O)[C@@H]1[C@@H]2C=C[C@]3(CN(c4ccc(CC)cc4)C(=O)[C@H]13)O2. The largest absolute Gasteiger partial charge is 0.465 e. The Morgan fingerprint density at radius 2 is 2.04 bits per heavy atom. The Morgan fingerprint density at radius 3 is 2.74 bits per heavy atom. The van der Waals surface area contributed by atoms with Gasteiger partial charge in [-0.3, -0.25) is 9.59 Å². The molecule has 3 aliphatic heterocycles. The minimum Gasteiger partial charge on any atom is -0.465 e. The van der Waals surface area contributed by atoms with Crippen LogP contribution in [0.25, 0.3) is 0 Å². The van der Waals surface area contributed by atoms with E-state index in [1.165, 1.54) is 5.56 Å². The van der Waals surface area contributed by atoms with Crippen molar-refractivity contribution in [1.82, 2.24) is 0 Å². The molecule has 3 aliphatic rings. The third-order valence-electron chi connectivity index (χ3n) is 6.02. The van der Waals surface area contributed by atoms with Crippen molar-refractivity contribution >= 4 is 17.6 Å². The predicted octanol–water partition coefficient (Wildman–Crippen LogP) is 3.27. The minimum absolute atomic E-state index is 0.0402. The van der Waals surface area contributed by atoms with Crippen LogP contribution in [0.4, 0.5) is 5.69 Å². The van der Waals surface area contributed by atoms with Crippen molar-refractivity contribution in [3.8, 4) is 0 Å². The zero-order valence-corrected chi connectivity index (χ0v) is 16.0. The molecule has 0 aliphatic carbocycles. The standard InChI is InChI=1S/C22H27NO4/c1-3-5-6-13-26-21(25)18-17-11-12-22(27-17)14-23(20(24)19(18)22)16-9-7-15(4-2)8-10-16/h7-12,17-19H,3-6,13-14H2,1-2H3/t17-,18+,19-,22+/m0/s1. The second-order valence-corrected chi connectivity index (χ2v) is 7.72. The number of unbranched alkanes of at least 4 members (excludes halogenated alkanes) is 2. The first-order valence-electron chi connectivity index (χ1n) is 10.0. The molecule has 0 N–H and O–H groups in total. The molecular weight excluding hydrogens is 342 g/mol. The van der Waals surface area contributed by atoms with Gasteiger partial charge in [0.15, 0.2) is 0 Å². The van der Waals surface area contributed by atoms with E-state index in [0.717, 1.165) is 31.4 Å². The van der Waals surface area contributed by atoms with E-state index in [9.17, 15) is 9.59 Å². The minimum atomic E-state index is -0.696. The van der Waals surface area contributed by atoms with Gasteiger partial charge in [0.05, 0.1) is 25.2 Å². The quantitative estimate of drug-likeness (QED) is 0.420. The first-order chi connectivity index (χ1) is 13.1. The number of nitrogens with zero attached hydrogens (tertiary/aromatic N) is 1. The summed E-state index contributed by atoms with van der Waals surface area (Å²) in [5, 5.41) is 0. The highest BCUT2D eigenvalue weighted by atomic mass is 16.6. The fourth-order valence-electron chi connectivity index (χ4n) is 4.52. The number of rotatable bonds is 7. The number of hydrogen-bond acceptors (Lipinski definition) is 4. The van der Waals surface area contributed by atoms with Crippen molar-refractivity contribution in [3.63, 3.8) is 0 Å². The zero-order chi connectivity index (χ0) is 19.0. The lowest BCUT2D eigenvalue weighted by Crippen LogP contribution is -2.40. The molecule has 2 saturated heterocycles. The van der Waals surface area contributed by atoms with Crippen LogP contribution in [-0.4, -0.2) is 36.7 Å². The number of carbonyl (C=O) groups excluding carboxylic acids is 2. The fourth-order valence-corrected chi connectivity index (χ4v) is 4.52. The first kappa shape index (κ1) is 18.2. The fraction of sp³-hybridized carbons (Fsp3) is 0.545. The molecule has 0 radical (unpaired) electrons. The van der Waals surface area contributed by atoms with Crippen molar-refractivity contribution in [2.75, 3.05) is 18.1 Å². The van der Waals surface area contributed by atoms with Crippen LogP contribution in [0.5, 0.6) is 0 Å². The van der Waals surface area contributed by atoms with Crippen LogP contribution in [0.3, 0.4) is 0 Å². The van der Waals surface area contributed by atoms with Crippen molar-refractivity contribution in [2.45, 2.75) is 51.2 Å². The van der Waals surface area contributed by atoms with Crippen LogP contribution in [0, 0.1) is 11.8 Å². The molecule has 4 atom stereocenters. The Morgan fingerprint density at radius 1 is 1.26 bits per heavy atom. The van der Waals surface area contributed by atoms with Crippen LogP contribution in [-0.2, 0) is 25.5 Å². The van der Waals surface area contributed by atoms with E-state index in [1.54, 1.807) is 4.90 Å². The van der Waals surface area contributed by atoms with Crippen molar-refractivity contribution < 1.29 is 19.1 Å². The van der Waals surface area contributed by atoms with Gasteiger partial charge in [-0.25, -0.2) is 0 Å². The Balaban J connectivity index is 1.52. The van der Waals surface area contributed by atoms with Gasteiger partial charge in [0.25, 0.3) is 0 Å². The summed E-state index contributed by atoms with van der Waals surface area (Å²) >= 11 is 0. The van der Waals surface area contributed by atoms with Crippen LogP contribution in [0.15, 0.2) is 36.4 Å². The number of benzene rings is 1. The van der Waals surface area contributed by atoms with E-state index in [-0.39, 0.29) is 18.0 Å². The Hall–Kier alpha value is -2.14. The molecule has 0 saturated carbocycles. The molecular formula is C22H27NO4. The van der Waals surface area contributed by atoms with E-state index in [4.69, 9.17) is 9.47 Å². The molecule has 3 heterocycles. The Kier molecular flexibility index (Phi) is 4.81. The highest BCUT2D eigenvalue weighted by Gasteiger charge is 2.67. The lowest BCUT2D eigenvalue weighted by atomic mass is 9.77. The summed E-state index contributed by atoms with van der Waals surface area (Å²) in [6.45, 7) is 5.08. The number of amides is 1. The maximum Gasteiger partial charge on any atom is 0.312 e. The molecule has 5 nitrogen and oxygen atoms in total. The molecule has 5 heteroatoms. The van der Waals surface area contributed by atoms with E-state index >= 15 is 0 Å². The molecule has 1 amide bonds. The molecule has 2 fully saturated rings. The number of carbonyl (C=O) groups is 2. The molecule has 1 spiro atoms. The third kappa shape index (κ3) is 2.98. The first-order valence-corrected chi connectivity index (χ1v) is 10.0. The monoisotopic (exact) mass is 369 g/mol. The molecule has 1 aromatic carbocycles. The van der Waals surface area contributed by atoms with Gasteiger partial charge in [0, 0.05) is 5.69 Å². The average molecular weight is 369 g/mol. The number of esters is 1. The Bertz CT molecular complexity index is 756. The van der Waals surface area contributed by atoms with Crippen LogP contribution in [0.1, 0.15) is 38.7 Å². The molecule has 4 rings (SSSR count). The van der Waals surface area contributed by atoms with E-state index in [0.29, 0.717) is 13.2 Å². The number of fused-ring (bicyclic) bond motifs is 1. The third-order valence-corrected chi connectivity index (χ3v) is 6.02. The van der Waals surface area contributed by atoms with E-state index in [1.807, 2.05) is 36.4 Å². The van der Waals surface area contributed by atoms with Gasteiger partial charge in [-0.15, -0.1) is 0 Å². The molecule has 0 aromatic heterocycles. The molecule has 1 aromatic rings. The zero-order valence-electron chi connectivity index (χ0n) is 16.0. The number of anilines is 1. The summed E-state index contributed by atoms with van der Waals surface area (Å²) in [4.78, 5) is 27.7. The summed E-state index contributed by atoms with van der Waals surface area (Å²) < 4.78 is 11.6. The molecule has 0 unspecified atom stereocenters. The van der Waals surface area contributed by atoms with Crippen molar-refractivity contribution in [2.24, 2.45) is 11.8 Å². The van der Waals surface area contributed by atoms with Crippen LogP contribution in [0.2, 0.25) is 0 Å². The second kappa shape index (κ2) is 7.12. The number of aryl methyl sites for hydroxylation is 1. The number of ether oxygens (including phenoxy) is 2. The molecule has 2 bridgehead atoms. The summed E-state index contributed by atoms with van der Waals surface area (Å²) in [5.74, 6) is -1.37. The lowest BCUT2D eigenvalue weighted by molar-refractivity contribution is -0.152. The summed E-state index contributed by atoms with van der Waals surface area (Å²) in [5.41, 5.74) is 1.39. The smallest absolute Gasteiger partial charge is 0.312 e. The highest BCUT2D eigenvalue weighted by Crippen LogP contribution is 2.52. The average Bonchev–Trinajstić information content (AvgIpc) is 3.33. The van der Waals surface area contributed by atoms with Crippen molar-refractivity contribution in [3.05, 3.63) is 42.0 Å². The maximum absolute atomic E-state index is 13.2. The second-order valence-electron chi connectivity index (χ2n) is 7.72. The topological polar surface area (TPSA) is 55.8 Å². The predicted molar refractivity (Wildman–Crippen MR) is 102 cm³/mol. The summed E-state index contributed by atoms with van der Waals surface area (Å²) in [7, 11) is 0.